The van der Waals surface area contributed by atoms with Crippen molar-refractivity contribution >= 4 is 17.5 Å². The lowest BCUT2D eigenvalue weighted by molar-refractivity contribution is -0.139. The lowest BCUT2D eigenvalue weighted by Crippen LogP contribution is -2.49. The van der Waals surface area contributed by atoms with Gasteiger partial charge in [-0.15, -0.1) is 0 Å². The fraction of sp³-hybridized carbons (Fsp3) is 0.645. The zero-order valence-corrected chi connectivity index (χ0v) is 24.4. The van der Waals surface area contributed by atoms with Gasteiger partial charge in [0, 0.05) is 50.3 Å². The Balaban J connectivity index is 1.30. The van der Waals surface area contributed by atoms with Crippen LogP contribution in [0.5, 0.6) is 5.75 Å². The van der Waals surface area contributed by atoms with Gasteiger partial charge in [0.25, 0.3) is 5.91 Å². The van der Waals surface area contributed by atoms with Crippen molar-refractivity contribution in [3.05, 3.63) is 40.6 Å². The van der Waals surface area contributed by atoms with Gasteiger partial charge >= 0.3 is 0 Å². The average molecular weight is 539 g/mol. The number of morpholine rings is 1. The van der Waals surface area contributed by atoms with Crippen molar-refractivity contribution in [3.63, 3.8) is 0 Å². The number of amides is 2. The Morgan fingerprint density at radius 1 is 1.13 bits per heavy atom. The lowest BCUT2D eigenvalue weighted by Gasteiger charge is -2.35. The molecule has 3 atom stereocenters. The van der Waals surface area contributed by atoms with Crippen molar-refractivity contribution in [2.75, 3.05) is 32.7 Å². The highest BCUT2D eigenvalue weighted by Gasteiger charge is 2.30. The Morgan fingerprint density at radius 3 is 2.46 bits per heavy atom. The first-order chi connectivity index (χ1) is 18.7. The minimum Gasteiger partial charge on any atom is -0.490 e. The van der Waals surface area contributed by atoms with E-state index in [1.165, 1.54) is 5.56 Å². The van der Waals surface area contributed by atoms with Crippen LogP contribution in [0.1, 0.15) is 83.3 Å². The van der Waals surface area contributed by atoms with E-state index < -0.39 is 0 Å². The summed E-state index contributed by atoms with van der Waals surface area (Å²) in [6.45, 7) is 13.0. The van der Waals surface area contributed by atoms with E-state index in [1.807, 2.05) is 18.7 Å². The third-order valence-corrected chi connectivity index (χ3v) is 8.32. The number of aryl methyl sites for hydroxylation is 1. The van der Waals surface area contributed by atoms with Crippen LogP contribution < -0.4 is 10.5 Å². The second kappa shape index (κ2) is 13.0. The number of carbonyl (C=O) groups is 2. The molecule has 1 aromatic rings. The highest BCUT2D eigenvalue weighted by atomic mass is 16.5. The van der Waals surface area contributed by atoms with Crippen LogP contribution in [0.3, 0.4) is 0 Å². The quantitative estimate of drug-likeness (QED) is 0.521. The number of carbonyl (C=O) groups excluding carboxylic acids is 2. The number of nitrogens with zero attached hydrogens (tertiary/aromatic N) is 3. The summed E-state index contributed by atoms with van der Waals surface area (Å²) in [4.78, 5) is 34.4. The molecule has 2 heterocycles. The van der Waals surface area contributed by atoms with Crippen LogP contribution in [0.15, 0.2) is 34.5 Å². The summed E-state index contributed by atoms with van der Waals surface area (Å²) in [6.07, 6.45) is 5.17. The Bertz CT molecular complexity index is 1100. The first kappa shape index (κ1) is 29.1. The number of aliphatic imine (C=N–C) groups is 1. The van der Waals surface area contributed by atoms with Gasteiger partial charge in [-0.2, -0.15) is 0 Å². The number of piperidine rings is 1. The van der Waals surface area contributed by atoms with Gasteiger partial charge in [0.05, 0.1) is 12.2 Å². The van der Waals surface area contributed by atoms with Crippen molar-refractivity contribution in [2.24, 2.45) is 10.7 Å². The molecule has 2 saturated heterocycles. The zero-order valence-electron chi connectivity index (χ0n) is 24.4. The molecule has 3 unspecified atom stereocenters. The van der Waals surface area contributed by atoms with Crippen molar-refractivity contribution in [1.82, 2.24) is 9.80 Å². The summed E-state index contributed by atoms with van der Waals surface area (Å²) >= 11 is 0. The van der Waals surface area contributed by atoms with E-state index in [0.29, 0.717) is 32.1 Å². The molecule has 2 amide bonds. The van der Waals surface area contributed by atoms with Gasteiger partial charge in [0.2, 0.25) is 5.91 Å². The highest BCUT2D eigenvalue weighted by Crippen LogP contribution is 2.28. The zero-order chi connectivity index (χ0) is 28.1. The molecule has 0 spiro atoms. The Labute approximate surface area is 233 Å². The van der Waals surface area contributed by atoms with Gasteiger partial charge in [-0.25, -0.2) is 0 Å². The van der Waals surface area contributed by atoms with Crippen LogP contribution in [0.4, 0.5) is 0 Å². The fourth-order valence-corrected chi connectivity index (χ4v) is 5.85. The molecule has 8 nitrogen and oxygen atoms in total. The summed E-state index contributed by atoms with van der Waals surface area (Å²) in [5, 5.41) is 0. The molecule has 2 N–H and O–H groups in total. The number of ether oxygens (including phenoxy) is 2. The van der Waals surface area contributed by atoms with E-state index in [1.54, 1.807) is 4.90 Å². The maximum atomic E-state index is 13.1. The number of hydrogen-bond acceptors (Lipinski definition) is 6. The lowest BCUT2D eigenvalue weighted by atomic mass is 9.97. The number of hydrogen-bond donors (Lipinski definition) is 1. The Kier molecular flexibility index (Phi) is 9.70. The third-order valence-electron chi connectivity index (χ3n) is 8.32. The molecule has 1 saturated carbocycles. The van der Waals surface area contributed by atoms with Gasteiger partial charge in [-0.1, -0.05) is 26.0 Å². The van der Waals surface area contributed by atoms with E-state index in [0.717, 1.165) is 61.1 Å². The summed E-state index contributed by atoms with van der Waals surface area (Å²) in [6, 6.07) is 6.49. The van der Waals surface area contributed by atoms with E-state index >= 15 is 0 Å². The average Bonchev–Trinajstić information content (AvgIpc) is 3.40. The molecule has 0 aromatic heterocycles. The van der Waals surface area contributed by atoms with Crippen molar-refractivity contribution in [2.45, 2.75) is 97.4 Å². The Morgan fingerprint density at radius 2 is 1.82 bits per heavy atom. The van der Waals surface area contributed by atoms with Crippen LogP contribution in [-0.2, 0) is 14.3 Å². The molecule has 39 heavy (non-hydrogen) atoms. The predicted octanol–water partition coefficient (Wildman–Crippen LogP) is 4.35. The molecule has 3 fully saturated rings. The minimum absolute atomic E-state index is 0.0152. The highest BCUT2D eigenvalue weighted by molar-refractivity contribution is 6.09. The van der Waals surface area contributed by atoms with Crippen LogP contribution in [0, 0.1) is 6.92 Å². The summed E-state index contributed by atoms with van der Waals surface area (Å²) in [7, 11) is 0. The topological polar surface area (TPSA) is 97.5 Å². The van der Waals surface area contributed by atoms with E-state index in [9.17, 15) is 9.59 Å². The van der Waals surface area contributed by atoms with Crippen molar-refractivity contribution in [1.29, 1.82) is 0 Å². The molecular formula is C31H46N4O4. The summed E-state index contributed by atoms with van der Waals surface area (Å²) in [5.74, 6) is 1.34. The van der Waals surface area contributed by atoms with E-state index in [2.05, 4.69) is 44.0 Å². The monoisotopic (exact) mass is 538 g/mol. The molecular weight excluding hydrogens is 492 g/mol. The van der Waals surface area contributed by atoms with Gasteiger partial charge in [0.15, 0.2) is 0 Å². The Hall–Kier alpha value is -2.87. The van der Waals surface area contributed by atoms with Crippen LogP contribution in [-0.4, -0.2) is 78.4 Å². The SMILES string of the molecule is CCC(C)c1ccc(OC2CCN(C(=O)CN=C3CCC/C3=C(/N)C(=O)N3CC(C)OC(C)C3)CC2)c(C)c1. The second-order valence-corrected chi connectivity index (χ2v) is 11.5. The van der Waals surface area contributed by atoms with Crippen molar-refractivity contribution in [3.8, 4) is 5.75 Å². The van der Waals surface area contributed by atoms with Gasteiger partial charge in [-0.05, 0) is 69.6 Å². The number of rotatable bonds is 7. The second-order valence-electron chi connectivity index (χ2n) is 11.5. The smallest absolute Gasteiger partial charge is 0.270 e. The standard InChI is InChI=1S/C31H46N4O4/c1-6-20(2)24-10-11-28(21(3)16-24)39-25-12-14-34(15-13-25)29(36)17-33-27-9-7-8-26(27)30(32)31(37)35-18-22(4)38-23(5)19-35/h10-11,16,20,22-23,25H,6-9,12-15,17-19,32H2,1-5H3/b30-26-,33-27?. The van der Waals surface area contributed by atoms with E-state index in [4.69, 9.17) is 15.2 Å². The number of nitrogens with two attached hydrogens (primary N) is 1. The normalized spacial score (nSPS) is 25.6. The van der Waals surface area contributed by atoms with E-state index in [-0.39, 0.29) is 42.4 Å². The maximum Gasteiger partial charge on any atom is 0.270 e. The molecule has 214 valence electrons. The first-order valence-corrected chi connectivity index (χ1v) is 14.7. The number of allylic oxidation sites excluding steroid dienone is 1. The van der Waals surface area contributed by atoms with Crippen LogP contribution in [0.25, 0.3) is 0 Å². The predicted molar refractivity (Wildman–Crippen MR) is 154 cm³/mol. The molecule has 0 radical (unpaired) electrons. The van der Waals surface area contributed by atoms with Gasteiger partial charge in [0.1, 0.15) is 24.1 Å². The third kappa shape index (κ3) is 7.21. The summed E-state index contributed by atoms with van der Waals surface area (Å²) in [5.41, 5.74) is 10.8. The largest absolute Gasteiger partial charge is 0.490 e. The minimum atomic E-state index is -0.153. The fourth-order valence-electron chi connectivity index (χ4n) is 5.85. The van der Waals surface area contributed by atoms with Gasteiger partial charge < -0.3 is 25.0 Å². The first-order valence-electron chi connectivity index (χ1n) is 14.7. The molecule has 2 aliphatic heterocycles. The molecule has 1 aromatic carbocycles. The van der Waals surface area contributed by atoms with Gasteiger partial charge in [-0.3, -0.25) is 14.6 Å². The molecule has 3 aliphatic rings. The summed E-state index contributed by atoms with van der Waals surface area (Å²) < 4.78 is 12.1. The van der Waals surface area contributed by atoms with Crippen LogP contribution >= 0.6 is 0 Å². The molecule has 8 heteroatoms. The van der Waals surface area contributed by atoms with Crippen molar-refractivity contribution < 1.29 is 19.1 Å². The van der Waals surface area contributed by atoms with Crippen LogP contribution in [0.2, 0.25) is 0 Å². The molecule has 4 rings (SSSR count). The number of benzene rings is 1. The molecule has 1 aliphatic carbocycles. The number of likely N-dealkylation sites (tertiary alicyclic amines) is 1. The maximum absolute atomic E-state index is 13.1. The molecule has 0 bridgehead atoms.